The Bertz CT molecular complexity index is 1040. The van der Waals surface area contributed by atoms with Crippen LogP contribution in [-0.4, -0.2) is 40.0 Å². The highest BCUT2D eigenvalue weighted by Crippen LogP contribution is 2.17. The van der Waals surface area contributed by atoms with Gasteiger partial charge in [-0.2, -0.15) is 9.90 Å². The number of amides is 1. The lowest BCUT2D eigenvalue weighted by atomic mass is 10.1. The predicted octanol–water partition coefficient (Wildman–Crippen LogP) is 3.40. The van der Waals surface area contributed by atoms with Crippen molar-refractivity contribution in [2.24, 2.45) is 0 Å². The summed E-state index contributed by atoms with van der Waals surface area (Å²) in [5.41, 5.74) is 4.15. The van der Waals surface area contributed by atoms with Gasteiger partial charge < -0.3 is 9.64 Å². The smallest absolute Gasteiger partial charge is 0.361 e. The first-order chi connectivity index (χ1) is 13.8. The zero-order valence-corrected chi connectivity index (χ0v) is 17.2. The molecule has 3 rings (SSSR count). The number of likely N-dealkylation sites (N-methyl/N-ethyl adjacent to an activating group) is 1. The number of anilines is 1. The number of hydrogen-bond donors (Lipinski definition) is 0. The van der Waals surface area contributed by atoms with E-state index in [4.69, 9.17) is 4.74 Å². The lowest BCUT2D eigenvalue weighted by Crippen LogP contribution is -2.37. The molecular weight excluding hydrogens is 368 g/mol. The van der Waals surface area contributed by atoms with Gasteiger partial charge in [-0.15, -0.1) is 5.10 Å². The van der Waals surface area contributed by atoms with Crippen molar-refractivity contribution in [1.29, 1.82) is 0 Å². The third-order valence-corrected chi connectivity index (χ3v) is 4.65. The van der Waals surface area contributed by atoms with Gasteiger partial charge in [-0.25, -0.2) is 4.79 Å². The molecular formula is C22H24N4O3. The number of para-hydroxylation sites is 1. The summed E-state index contributed by atoms with van der Waals surface area (Å²) in [6.07, 6.45) is -0.960. The second-order valence-electron chi connectivity index (χ2n) is 6.99. The van der Waals surface area contributed by atoms with Gasteiger partial charge in [0.2, 0.25) is 0 Å². The Morgan fingerprint density at radius 1 is 1.03 bits per heavy atom. The van der Waals surface area contributed by atoms with Gasteiger partial charge in [-0.3, -0.25) is 4.79 Å². The molecule has 0 saturated heterocycles. The molecule has 0 bridgehead atoms. The van der Waals surface area contributed by atoms with E-state index in [0.717, 1.165) is 22.5 Å². The Morgan fingerprint density at radius 2 is 1.72 bits per heavy atom. The quantitative estimate of drug-likeness (QED) is 0.622. The van der Waals surface area contributed by atoms with E-state index < -0.39 is 12.1 Å². The maximum absolute atomic E-state index is 12.6. The molecule has 2 aromatic carbocycles. The maximum Gasteiger partial charge on any atom is 0.361 e. The monoisotopic (exact) mass is 392 g/mol. The molecule has 1 atom stereocenters. The van der Waals surface area contributed by atoms with Crippen LogP contribution in [-0.2, 0) is 9.53 Å². The Balaban J connectivity index is 1.75. The zero-order valence-electron chi connectivity index (χ0n) is 17.2. The van der Waals surface area contributed by atoms with Crippen molar-refractivity contribution in [3.05, 3.63) is 71.0 Å². The second kappa shape index (κ2) is 8.26. The highest BCUT2D eigenvalue weighted by molar-refractivity contribution is 5.98. The van der Waals surface area contributed by atoms with Crippen LogP contribution in [0, 0.1) is 20.8 Å². The number of hydrogen-bond acceptors (Lipinski definition) is 5. The molecule has 0 aliphatic carbocycles. The van der Waals surface area contributed by atoms with Crippen LogP contribution in [0.4, 0.5) is 5.69 Å². The molecule has 29 heavy (non-hydrogen) atoms. The van der Waals surface area contributed by atoms with Crippen molar-refractivity contribution in [2.45, 2.75) is 33.8 Å². The first-order valence-corrected chi connectivity index (χ1v) is 9.33. The van der Waals surface area contributed by atoms with Gasteiger partial charge in [0, 0.05) is 12.7 Å². The second-order valence-corrected chi connectivity index (χ2v) is 6.99. The summed E-state index contributed by atoms with van der Waals surface area (Å²) in [4.78, 5) is 28.1. The van der Waals surface area contributed by atoms with Gasteiger partial charge in [-0.05, 0) is 51.5 Å². The Hall–Kier alpha value is -3.48. The van der Waals surface area contributed by atoms with Crippen molar-refractivity contribution in [2.75, 3.05) is 11.9 Å². The van der Waals surface area contributed by atoms with Crippen molar-refractivity contribution in [1.82, 2.24) is 15.0 Å². The number of rotatable bonds is 5. The van der Waals surface area contributed by atoms with Crippen LogP contribution in [0.25, 0.3) is 5.69 Å². The van der Waals surface area contributed by atoms with Crippen molar-refractivity contribution >= 4 is 17.6 Å². The van der Waals surface area contributed by atoms with Gasteiger partial charge in [-0.1, -0.05) is 35.9 Å². The molecule has 0 aliphatic rings. The van der Waals surface area contributed by atoms with Crippen LogP contribution < -0.4 is 4.90 Å². The minimum atomic E-state index is -0.960. The molecule has 1 amide bonds. The Morgan fingerprint density at radius 3 is 2.38 bits per heavy atom. The summed E-state index contributed by atoms with van der Waals surface area (Å²) in [7, 11) is 1.64. The summed E-state index contributed by atoms with van der Waals surface area (Å²) < 4.78 is 5.37. The predicted molar refractivity (Wildman–Crippen MR) is 110 cm³/mol. The standard InChI is InChI=1S/C22H24N4O3/c1-14-11-12-19(15(2)13-14)26-23-16(3)20(24-26)22(28)29-17(4)21(27)25(5)18-9-7-6-8-10-18/h6-13,17H,1-5H3/t17-/m1/s1. The van der Waals surface area contributed by atoms with E-state index in [1.807, 2.05) is 62.4 Å². The van der Waals surface area contributed by atoms with Crippen LogP contribution in [0.2, 0.25) is 0 Å². The molecule has 7 heteroatoms. The number of nitrogens with zero attached hydrogens (tertiary/aromatic N) is 4. The molecule has 0 unspecified atom stereocenters. The minimum absolute atomic E-state index is 0.0898. The van der Waals surface area contributed by atoms with E-state index >= 15 is 0 Å². The van der Waals surface area contributed by atoms with E-state index in [-0.39, 0.29) is 11.6 Å². The molecule has 0 saturated carbocycles. The highest BCUT2D eigenvalue weighted by atomic mass is 16.5. The number of benzene rings is 2. The lowest BCUT2D eigenvalue weighted by Gasteiger charge is -2.21. The van der Waals surface area contributed by atoms with Crippen molar-refractivity contribution < 1.29 is 14.3 Å². The van der Waals surface area contributed by atoms with Crippen LogP contribution in [0.3, 0.4) is 0 Å². The molecule has 150 valence electrons. The summed E-state index contributed by atoms with van der Waals surface area (Å²) in [5.74, 6) is -1.01. The average molecular weight is 392 g/mol. The van der Waals surface area contributed by atoms with E-state index in [2.05, 4.69) is 10.2 Å². The molecule has 7 nitrogen and oxygen atoms in total. The van der Waals surface area contributed by atoms with Crippen molar-refractivity contribution in [3.8, 4) is 5.69 Å². The molecule has 1 aromatic heterocycles. The minimum Gasteiger partial charge on any atom is -0.448 e. The Labute approximate surface area is 169 Å². The third-order valence-electron chi connectivity index (χ3n) is 4.65. The highest BCUT2D eigenvalue weighted by Gasteiger charge is 2.26. The number of aryl methyl sites for hydroxylation is 3. The SMILES string of the molecule is Cc1ccc(-n2nc(C)c(C(=O)O[C@H](C)C(=O)N(C)c3ccccc3)n2)c(C)c1. The number of aromatic nitrogens is 3. The fraction of sp³-hybridized carbons (Fsp3) is 0.273. The largest absolute Gasteiger partial charge is 0.448 e. The zero-order chi connectivity index (χ0) is 21.1. The normalized spacial score (nSPS) is 11.8. The van der Waals surface area contributed by atoms with Crippen LogP contribution in [0.1, 0.15) is 34.2 Å². The maximum atomic E-state index is 12.6. The fourth-order valence-corrected chi connectivity index (χ4v) is 3.02. The van der Waals surface area contributed by atoms with Gasteiger partial charge in [0.25, 0.3) is 5.91 Å². The summed E-state index contributed by atoms with van der Waals surface area (Å²) >= 11 is 0. The molecule has 0 spiro atoms. The molecule has 1 heterocycles. The van der Waals surface area contributed by atoms with Crippen LogP contribution in [0.15, 0.2) is 48.5 Å². The molecule has 0 fully saturated rings. The first-order valence-electron chi connectivity index (χ1n) is 9.33. The molecule has 0 aliphatic heterocycles. The molecule has 3 aromatic rings. The van der Waals surface area contributed by atoms with Gasteiger partial charge in [0.05, 0.1) is 11.4 Å². The third kappa shape index (κ3) is 4.34. The topological polar surface area (TPSA) is 77.3 Å². The van der Waals surface area contributed by atoms with Crippen molar-refractivity contribution in [3.63, 3.8) is 0 Å². The van der Waals surface area contributed by atoms with Gasteiger partial charge in [0.1, 0.15) is 0 Å². The number of carbonyl (C=O) groups excluding carboxylic acids is 2. The van der Waals surface area contributed by atoms with E-state index in [1.54, 1.807) is 20.9 Å². The number of carbonyl (C=O) groups is 2. The average Bonchev–Trinajstić information content (AvgIpc) is 3.08. The van der Waals surface area contributed by atoms with Gasteiger partial charge >= 0.3 is 5.97 Å². The fourth-order valence-electron chi connectivity index (χ4n) is 3.02. The lowest BCUT2D eigenvalue weighted by molar-refractivity contribution is -0.126. The summed E-state index contributed by atoms with van der Waals surface area (Å²) in [6.45, 7) is 7.20. The van der Waals surface area contributed by atoms with E-state index in [1.165, 1.54) is 9.70 Å². The Kier molecular flexibility index (Phi) is 5.77. The number of esters is 1. The van der Waals surface area contributed by atoms with E-state index in [0.29, 0.717) is 5.69 Å². The van der Waals surface area contributed by atoms with Crippen LogP contribution in [0.5, 0.6) is 0 Å². The van der Waals surface area contributed by atoms with Crippen LogP contribution >= 0.6 is 0 Å². The summed E-state index contributed by atoms with van der Waals surface area (Å²) in [5, 5.41) is 8.63. The molecule has 0 radical (unpaired) electrons. The van der Waals surface area contributed by atoms with E-state index in [9.17, 15) is 9.59 Å². The summed E-state index contributed by atoms with van der Waals surface area (Å²) in [6, 6.07) is 15.0. The van der Waals surface area contributed by atoms with Gasteiger partial charge in [0.15, 0.2) is 11.8 Å². The molecule has 0 N–H and O–H groups in total. The first kappa shape index (κ1) is 20.3. The number of ether oxygens (including phenoxy) is 1.